The Labute approximate surface area is 284 Å². The van der Waals surface area contributed by atoms with E-state index in [1.165, 1.54) is 12.1 Å². The molecule has 49 heavy (non-hydrogen) atoms. The average molecular weight is 684 g/mol. The Balaban J connectivity index is 1.54. The van der Waals surface area contributed by atoms with Crippen molar-refractivity contribution in [3.8, 4) is 11.1 Å². The number of hydrogen-bond donors (Lipinski definition) is 2. The summed E-state index contributed by atoms with van der Waals surface area (Å²) in [6.07, 6.45) is 0.590. The minimum atomic E-state index is -4.75. The third-order valence-electron chi connectivity index (χ3n) is 9.81. The van der Waals surface area contributed by atoms with Crippen molar-refractivity contribution in [3.63, 3.8) is 0 Å². The molecule has 1 saturated carbocycles. The summed E-state index contributed by atoms with van der Waals surface area (Å²) in [4.78, 5) is 41.6. The number of rotatable bonds is 13. The summed E-state index contributed by atoms with van der Waals surface area (Å²) in [6.45, 7) is 7.70. The number of amides is 1. The first kappa shape index (κ1) is 36.3. The number of carbonyl (C=O) groups is 2. The van der Waals surface area contributed by atoms with E-state index in [0.717, 1.165) is 76.2 Å². The fourth-order valence-corrected chi connectivity index (χ4v) is 7.27. The Hall–Kier alpha value is -3.99. The van der Waals surface area contributed by atoms with Gasteiger partial charge in [0.05, 0.1) is 18.0 Å². The van der Waals surface area contributed by atoms with E-state index in [2.05, 4.69) is 5.32 Å². The maximum atomic E-state index is 14.2. The Morgan fingerprint density at radius 3 is 2.33 bits per heavy atom. The number of carboxylic acid groups (broad SMARTS) is 1. The van der Waals surface area contributed by atoms with E-state index in [-0.39, 0.29) is 30.1 Å². The summed E-state index contributed by atoms with van der Waals surface area (Å²) >= 11 is 0. The van der Waals surface area contributed by atoms with E-state index in [0.29, 0.717) is 24.2 Å². The molecule has 7 nitrogen and oxygen atoms in total. The van der Waals surface area contributed by atoms with Crippen LogP contribution in [0, 0.1) is 25.6 Å². The van der Waals surface area contributed by atoms with Crippen LogP contribution in [0.25, 0.3) is 11.1 Å². The van der Waals surface area contributed by atoms with Crippen LogP contribution in [0.2, 0.25) is 0 Å². The van der Waals surface area contributed by atoms with E-state index in [1.54, 1.807) is 0 Å². The van der Waals surface area contributed by atoms with Crippen LogP contribution in [0.15, 0.2) is 41.3 Å². The first-order valence-corrected chi connectivity index (χ1v) is 17.0. The zero-order chi connectivity index (χ0) is 35.8. The van der Waals surface area contributed by atoms with Gasteiger partial charge in [-0.2, -0.15) is 13.2 Å². The Morgan fingerprint density at radius 1 is 1.06 bits per heavy atom. The molecule has 0 radical (unpaired) electrons. The van der Waals surface area contributed by atoms with E-state index >= 15 is 0 Å². The molecular formula is C38H45F4N3O4. The van der Waals surface area contributed by atoms with Crippen molar-refractivity contribution in [2.75, 3.05) is 13.6 Å². The van der Waals surface area contributed by atoms with Gasteiger partial charge < -0.3 is 19.9 Å². The Morgan fingerprint density at radius 2 is 1.73 bits per heavy atom. The van der Waals surface area contributed by atoms with E-state index in [4.69, 9.17) is 0 Å². The van der Waals surface area contributed by atoms with Crippen molar-refractivity contribution in [2.24, 2.45) is 5.92 Å². The van der Waals surface area contributed by atoms with Gasteiger partial charge in [-0.1, -0.05) is 19.9 Å². The lowest BCUT2D eigenvalue weighted by molar-refractivity contribution is -0.139. The lowest BCUT2D eigenvalue weighted by Gasteiger charge is -2.27. The lowest BCUT2D eigenvalue weighted by Crippen LogP contribution is -2.40. The maximum absolute atomic E-state index is 14.2. The van der Waals surface area contributed by atoms with Gasteiger partial charge in [0.25, 0.3) is 5.56 Å². The fourth-order valence-electron chi connectivity index (χ4n) is 7.27. The molecule has 264 valence electrons. The summed E-state index contributed by atoms with van der Waals surface area (Å²) in [6, 6.07) is 5.42. The highest BCUT2D eigenvalue weighted by atomic mass is 19.4. The molecule has 2 atom stereocenters. The zero-order valence-electron chi connectivity index (χ0n) is 28.7. The van der Waals surface area contributed by atoms with Crippen LogP contribution in [0.3, 0.4) is 0 Å². The quantitative estimate of drug-likeness (QED) is 0.184. The summed E-state index contributed by atoms with van der Waals surface area (Å²) in [5, 5.41) is 12.8. The van der Waals surface area contributed by atoms with E-state index in [9.17, 15) is 37.1 Å². The third-order valence-corrected chi connectivity index (χ3v) is 9.81. The molecule has 0 bridgehead atoms. The summed E-state index contributed by atoms with van der Waals surface area (Å²) in [5.41, 5.74) is 3.85. The molecule has 0 unspecified atom stereocenters. The topological polar surface area (TPSA) is 91.6 Å². The summed E-state index contributed by atoms with van der Waals surface area (Å²) < 4.78 is 57.7. The van der Waals surface area contributed by atoms with Gasteiger partial charge in [-0.25, -0.2) is 4.39 Å². The predicted molar refractivity (Wildman–Crippen MR) is 180 cm³/mol. The minimum Gasteiger partial charge on any atom is -0.481 e. The summed E-state index contributed by atoms with van der Waals surface area (Å²) in [5.74, 6) is -2.28. The van der Waals surface area contributed by atoms with Crippen LogP contribution in [0.4, 0.5) is 17.6 Å². The first-order valence-electron chi connectivity index (χ1n) is 17.0. The molecule has 0 saturated heterocycles. The van der Waals surface area contributed by atoms with Gasteiger partial charge in [-0.15, -0.1) is 0 Å². The number of aromatic nitrogens is 1. The number of hydrogen-bond acceptors (Lipinski definition) is 4. The van der Waals surface area contributed by atoms with Gasteiger partial charge >= 0.3 is 12.1 Å². The van der Waals surface area contributed by atoms with Crippen molar-refractivity contribution < 1.29 is 32.3 Å². The Bertz CT molecular complexity index is 1770. The molecule has 1 aromatic heterocycles. The van der Waals surface area contributed by atoms with Gasteiger partial charge in [0.15, 0.2) is 0 Å². The first-order chi connectivity index (χ1) is 23.0. The SMILES string of the molecule is Cc1cc(F)cc(C)c1-c1cc([C@@H](CC(=O)O)NC(=O)[C@@H](CC(C)C)n2cc(CCN(C)C3CC3)c(C(F)(F)F)cc2=O)cc2c1CCC2. The van der Waals surface area contributed by atoms with Crippen LogP contribution in [0.5, 0.6) is 0 Å². The van der Waals surface area contributed by atoms with E-state index < -0.39 is 47.7 Å². The number of aliphatic carboxylic acids is 1. The number of pyridine rings is 1. The number of benzene rings is 2. The molecule has 11 heteroatoms. The van der Waals surface area contributed by atoms with Crippen LogP contribution < -0.4 is 10.9 Å². The number of carbonyl (C=O) groups excluding carboxylic acids is 1. The molecule has 1 amide bonds. The smallest absolute Gasteiger partial charge is 0.416 e. The molecular weight excluding hydrogens is 638 g/mol. The second-order valence-corrected chi connectivity index (χ2v) is 14.2. The molecule has 2 aliphatic carbocycles. The Kier molecular flexibility index (Phi) is 10.7. The highest BCUT2D eigenvalue weighted by molar-refractivity contribution is 5.82. The van der Waals surface area contributed by atoms with Gasteiger partial charge in [0, 0.05) is 24.8 Å². The van der Waals surface area contributed by atoms with Gasteiger partial charge in [0.1, 0.15) is 11.9 Å². The lowest BCUT2D eigenvalue weighted by atomic mass is 9.87. The average Bonchev–Trinajstić information content (AvgIpc) is 3.74. The number of carboxylic acids is 1. The van der Waals surface area contributed by atoms with Crippen LogP contribution in [0.1, 0.15) is 97.0 Å². The molecule has 2 aliphatic rings. The van der Waals surface area contributed by atoms with Gasteiger partial charge in [-0.3, -0.25) is 14.4 Å². The monoisotopic (exact) mass is 683 g/mol. The highest BCUT2D eigenvalue weighted by Gasteiger charge is 2.36. The molecule has 2 N–H and O–H groups in total. The number of fused-ring (bicyclic) bond motifs is 1. The zero-order valence-corrected chi connectivity index (χ0v) is 28.7. The van der Waals surface area contributed by atoms with Crippen molar-refractivity contribution in [2.45, 2.75) is 103 Å². The van der Waals surface area contributed by atoms with Crippen molar-refractivity contribution in [1.82, 2.24) is 14.8 Å². The molecule has 0 spiro atoms. The second kappa shape index (κ2) is 14.5. The van der Waals surface area contributed by atoms with Gasteiger partial charge in [0.2, 0.25) is 5.91 Å². The van der Waals surface area contributed by atoms with Crippen LogP contribution >= 0.6 is 0 Å². The molecule has 0 aliphatic heterocycles. The van der Waals surface area contributed by atoms with Gasteiger partial charge in [-0.05, 0) is 134 Å². The predicted octanol–water partition coefficient (Wildman–Crippen LogP) is 7.33. The van der Waals surface area contributed by atoms with E-state index in [1.807, 2.05) is 51.8 Å². The third kappa shape index (κ3) is 8.43. The minimum absolute atomic E-state index is 0.0416. The van der Waals surface area contributed by atoms with Crippen molar-refractivity contribution in [1.29, 1.82) is 0 Å². The van der Waals surface area contributed by atoms with Crippen LogP contribution in [-0.4, -0.2) is 46.1 Å². The summed E-state index contributed by atoms with van der Waals surface area (Å²) in [7, 11) is 1.86. The van der Waals surface area contributed by atoms with Crippen molar-refractivity contribution >= 4 is 11.9 Å². The van der Waals surface area contributed by atoms with Crippen molar-refractivity contribution in [3.05, 3.63) is 91.6 Å². The van der Waals surface area contributed by atoms with Crippen LogP contribution in [-0.2, 0) is 35.0 Å². The number of nitrogens with zero attached hydrogens (tertiary/aromatic N) is 2. The normalized spacial score (nSPS) is 15.8. The number of nitrogens with one attached hydrogen (secondary N) is 1. The largest absolute Gasteiger partial charge is 0.481 e. The molecule has 1 fully saturated rings. The molecule has 5 rings (SSSR count). The molecule has 1 heterocycles. The second-order valence-electron chi connectivity index (χ2n) is 14.2. The number of aryl methyl sites for hydroxylation is 3. The molecule has 3 aromatic rings. The number of likely N-dealkylation sites (N-methyl/N-ethyl adjacent to an activating group) is 1. The standard InChI is InChI=1S/C38H45F4N3O4/c1-21(2)13-33(45-20-25(11-12-44(5)28-9-10-28)31(18-34(45)46)38(40,41)42)37(49)43-32(19-35(47)48)26-16-24-7-6-8-29(24)30(17-26)36-22(3)14-27(39)15-23(36)4/h14-18,20-21,28,32-33H,6-13,19H2,1-5H3,(H,43,49)(H,47,48)/t32-,33-/m1/s1. The maximum Gasteiger partial charge on any atom is 0.416 e. The fraction of sp³-hybridized carbons (Fsp3) is 0.500. The highest BCUT2D eigenvalue weighted by Crippen LogP contribution is 2.39. The molecule has 2 aromatic carbocycles. The number of halogens is 4. The number of alkyl halides is 3.